The van der Waals surface area contributed by atoms with Crippen LogP contribution in [0.3, 0.4) is 0 Å². The van der Waals surface area contributed by atoms with Crippen LogP contribution in [0, 0.1) is 0 Å². The van der Waals surface area contributed by atoms with E-state index in [1.54, 1.807) is 78.2 Å². The van der Waals surface area contributed by atoms with Gasteiger partial charge in [-0.25, -0.2) is 4.79 Å². The highest BCUT2D eigenvalue weighted by Gasteiger charge is 2.46. The Kier molecular flexibility index (Phi) is 29.3. The molecule has 2 aliphatic rings. The number of carbonyl (C=O) groups excluding carboxylic acids is 9. The Balaban J connectivity index is 1.27. The number of β-amino-alcohol motifs (C(OH)–C–C–N with tert-alkyl or cyclic N) is 1. The normalized spacial score (nSPS) is 17.1. The lowest BCUT2D eigenvalue weighted by Gasteiger charge is -2.33. The summed E-state index contributed by atoms with van der Waals surface area (Å²) in [4.78, 5) is 155. The number of hydrogen-bond donors (Lipinski definition) is 16. The third-order valence-corrected chi connectivity index (χ3v) is 15.7. The number of carbonyl (C=O) groups is 10. The van der Waals surface area contributed by atoms with Crippen LogP contribution >= 0.6 is 11.3 Å². The summed E-state index contributed by atoms with van der Waals surface area (Å²) < 4.78 is 0. The lowest BCUT2D eigenvalue weighted by Crippen LogP contribution is -2.59. The molecule has 33 heteroatoms. The fourth-order valence-corrected chi connectivity index (χ4v) is 11.0. The minimum Gasteiger partial charge on any atom is -0.480 e. The van der Waals surface area contributed by atoms with E-state index in [1.807, 2.05) is 0 Å². The maximum atomic E-state index is 14.8. The number of carboxylic acids is 1. The Hall–Kier alpha value is -9.47. The average molecular weight is 1290 g/mol. The molecule has 9 atom stereocenters. The second-order valence-electron chi connectivity index (χ2n) is 21.9. The molecule has 1 aromatic heterocycles. The first kappa shape index (κ1) is 72.3. The van der Waals surface area contributed by atoms with Crippen LogP contribution < -0.4 is 72.0 Å². The van der Waals surface area contributed by atoms with Gasteiger partial charge in [-0.3, -0.25) is 58.1 Å². The van der Waals surface area contributed by atoms with Gasteiger partial charge in [-0.1, -0.05) is 66.7 Å². The van der Waals surface area contributed by atoms with E-state index in [4.69, 9.17) is 40.1 Å². The molecule has 0 saturated carbocycles. The number of aliphatic hydroxyl groups excluding tert-OH is 2. The molecule has 3 heterocycles. The number of thiophene rings is 1. The Bertz CT molecular complexity index is 3020. The monoisotopic (exact) mass is 1290 g/mol. The van der Waals surface area contributed by atoms with Gasteiger partial charge in [0.1, 0.15) is 42.3 Å². The van der Waals surface area contributed by atoms with Gasteiger partial charge >= 0.3 is 5.97 Å². The van der Waals surface area contributed by atoms with Crippen LogP contribution in [0.4, 0.5) is 0 Å². The number of nitrogens with zero attached hydrogens (tertiary/aromatic N) is 6. The molecule has 32 nitrogen and oxygen atoms in total. The predicted octanol–water partition coefficient (Wildman–Crippen LogP) is -5.38. The number of benzene rings is 2. The molecule has 2 saturated heterocycles. The Labute approximate surface area is 529 Å². The molecular weight excluding hydrogens is 1200 g/mol. The van der Waals surface area contributed by atoms with Crippen molar-refractivity contribution in [2.24, 2.45) is 55.1 Å². The van der Waals surface area contributed by atoms with Crippen LogP contribution in [0.5, 0.6) is 0 Å². The summed E-state index contributed by atoms with van der Waals surface area (Å²) >= 11 is 1.25. The van der Waals surface area contributed by atoms with Gasteiger partial charge in [0.15, 0.2) is 17.9 Å². The molecule has 23 N–H and O–H groups in total. The number of nitrogens with one attached hydrogen (secondary N) is 6. The van der Waals surface area contributed by atoms with Gasteiger partial charge in [0, 0.05) is 63.4 Å². The highest BCUT2D eigenvalue weighted by molar-refractivity contribution is 7.09. The van der Waals surface area contributed by atoms with Crippen LogP contribution in [0.25, 0.3) is 0 Å². The summed E-state index contributed by atoms with van der Waals surface area (Å²) in [6.45, 7) is -2.30. The van der Waals surface area contributed by atoms with Crippen LogP contribution in [-0.2, 0) is 67.3 Å². The van der Waals surface area contributed by atoms with Crippen LogP contribution in [0.15, 0.2) is 93.2 Å². The van der Waals surface area contributed by atoms with Crippen molar-refractivity contribution in [3.8, 4) is 0 Å². The maximum Gasteiger partial charge on any atom is 0.326 e. The van der Waals surface area contributed by atoms with Crippen molar-refractivity contribution >= 4 is 88.3 Å². The average Bonchev–Trinajstić information content (AvgIpc) is 1.74. The summed E-state index contributed by atoms with van der Waals surface area (Å²) in [7, 11) is 0. The van der Waals surface area contributed by atoms with Crippen LogP contribution in [0.1, 0.15) is 73.8 Å². The van der Waals surface area contributed by atoms with Gasteiger partial charge in [0.05, 0.1) is 31.8 Å². The third kappa shape index (κ3) is 24.1. The summed E-state index contributed by atoms with van der Waals surface area (Å²) in [5.41, 5.74) is 39.8. The summed E-state index contributed by atoms with van der Waals surface area (Å²) in [6.07, 6.45) is -0.102. The van der Waals surface area contributed by atoms with Crippen LogP contribution in [0.2, 0.25) is 0 Å². The quantitative estimate of drug-likeness (QED) is 0.0147. The van der Waals surface area contributed by atoms with Gasteiger partial charge in [-0.2, -0.15) is 0 Å². The minimum absolute atomic E-state index is 0.0515. The number of rotatable bonds is 36. The maximum absolute atomic E-state index is 14.8. The molecule has 91 heavy (non-hydrogen) atoms. The standard InChI is InChI=1S/C58H85N19O13S/c59-38(17-7-21-66-56(60)61)48(82)72-39(18-8-22-67-57(62)63)53(87)76-24-10-20-44(76)54(88)77-31-36(79)27-45(77)51(85)69-29-46(80)71-41(28-37-16-11-25-91-37)49(83)74-43(33-78)50(84)73-42(26-34-12-3-1-4-13-34)52(86)75(30-35-14-5-2-6-15-35)32-47(81)70-40(55(89)90)19-9-23-68-58(64)65/h1-6,11-16,25,36,38-45,78-79H,7-10,17-24,26-33,59H2,(H,69,85)(H,70,81)(H,71,80)(H,72,82)(H,73,84)(H,74,83)(H,89,90)(H4,60,61,66)(H4,62,63,67)(H4,64,65,68)/t36?,38-,39-,40+,41+,42-,43+,44+,45+/m1/s1. The first-order valence-corrected chi connectivity index (χ1v) is 30.5. The van der Waals surface area contributed by atoms with Crippen molar-refractivity contribution in [2.45, 2.75) is 132 Å². The van der Waals surface area contributed by atoms with E-state index in [0.29, 0.717) is 28.8 Å². The van der Waals surface area contributed by atoms with Gasteiger partial charge in [0.25, 0.3) is 0 Å². The fraction of sp³-hybridized carbons (Fsp3) is 0.500. The number of aliphatic hydroxyl groups is 2. The second-order valence-corrected chi connectivity index (χ2v) is 22.9. The number of hydrogen-bond acceptors (Lipinski definition) is 17. The molecule has 496 valence electrons. The fourth-order valence-electron chi connectivity index (χ4n) is 10.2. The molecule has 3 aromatic rings. The molecule has 2 fully saturated rings. The Morgan fingerprint density at radius 1 is 0.626 bits per heavy atom. The van der Waals surface area contributed by atoms with Crippen molar-refractivity contribution in [3.63, 3.8) is 0 Å². The van der Waals surface area contributed by atoms with Crippen molar-refractivity contribution in [2.75, 3.05) is 52.4 Å². The molecule has 2 aliphatic heterocycles. The molecule has 0 radical (unpaired) electrons. The number of guanidine groups is 3. The van der Waals surface area contributed by atoms with E-state index in [0.717, 1.165) is 9.80 Å². The second kappa shape index (κ2) is 36.9. The van der Waals surface area contributed by atoms with Gasteiger partial charge in [0.2, 0.25) is 53.2 Å². The molecule has 5 rings (SSSR count). The number of aliphatic carboxylic acids is 1. The van der Waals surface area contributed by atoms with Crippen LogP contribution in [-0.4, -0.2) is 214 Å². The van der Waals surface area contributed by atoms with E-state index < -0.39 is 133 Å². The zero-order valence-electron chi connectivity index (χ0n) is 50.4. The van der Waals surface area contributed by atoms with Crippen molar-refractivity contribution in [1.29, 1.82) is 0 Å². The SMILES string of the molecule is NC(N)=NCCC[C@@H](N)C(=O)N[C@H](CCCN=C(N)N)C(=O)N1CCC[C@H]1C(=O)N1CC(O)C[C@H]1C(=O)NCC(=O)N[C@@H](Cc1cccs1)C(=O)N[C@@H](CO)C(=O)N[C@H](Cc1ccccc1)C(=O)N(CC(=O)N[C@@H](CCCN=C(N)N)C(=O)O)Cc1ccccc1. The van der Waals surface area contributed by atoms with E-state index in [2.05, 4.69) is 46.9 Å². The number of likely N-dealkylation sites (tertiary alicyclic amines) is 2. The van der Waals surface area contributed by atoms with Crippen molar-refractivity contribution in [1.82, 2.24) is 46.6 Å². The first-order valence-electron chi connectivity index (χ1n) is 29.6. The van der Waals surface area contributed by atoms with E-state index in [9.17, 15) is 63.3 Å². The van der Waals surface area contributed by atoms with Crippen molar-refractivity contribution < 1.29 is 63.3 Å². The van der Waals surface area contributed by atoms with E-state index in [-0.39, 0.29) is 115 Å². The highest BCUT2D eigenvalue weighted by Crippen LogP contribution is 2.27. The summed E-state index contributed by atoms with van der Waals surface area (Å²) in [6, 6.07) is 9.86. The molecule has 2 aromatic carbocycles. The topological polar surface area (TPSA) is 533 Å². The lowest BCUT2D eigenvalue weighted by molar-refractivity contribution is -0.148. The lowest BCUT2D eigenvalue weighted by atomic mass is 10.0. The molecule has 0 bridgehead atoms. The molecule has 9 amide bonds. The molecule has 0 spiro atoms. The largest absolute Gasteiger partial charge is 0.480 e. The Morgan fingerprint density at radius 3 is 1.77 bits per heavy atom. The number of carboxylic acid groups (broad SMARTS) is 1. The van der Waals surface area contributed by atoms with Gasteiger partial charge < -0.3 is 102 Å². The first-order chi connectivity index (χ1) is 43.4. The highest BCUT2D eigenvalue weighted by atomic mass is 32.1. The molecule has 0 aliphatic carbocycles. The van der Waals surface area contributed by atoms with Crippen molar-refractivity contribution in [3.05, 3.63) is 94.2 Å². The summed E-state index contributed by atoms with van der Waals surface area (Å²) in [5, 5.41) is 48.4. The number of nitrogens with two attached hydrogens (primary N) is 7. The zero-order chi connectivity index (χ0) is 66.6. The van der Waals surface area contributed by atoms with E-state index in [1.165, 1.54) is 16.2 Å². The zero-order valence-corrected chi connectivity index (χ0v) is 51.2. The number of amides is 9. The molecular formula is C58H85N19O13S. The van der Waals surface area contributed by atoms with Gasteiger partial charge in [-0.15, -0.1) is 11.3 Å². The minimum atomic E-state index is -1.73. The summed E-state index contributed by atoms with van der Waals surface area (Å²) in [5.74, 6) is -9.06. The third-order valence-electron chi connectivity index (χ3n) is 14.8. The smallest absolute Gasteiger partial charge is 0.326 e. The Morgan fingerprint density at radius 2 is 1.19 bits per heavy atom. The number of aliphatic imine (C=N–C) groups is 3. The van der Waals surface area contributed by atoms with Gasteiger partial charge in [-0.05, 0) is 73.9 Å². The predicted molar refractivity (Wildman–Crippen MR) is 336 cm³/mol. The molecule has 1 unspecified atom stereocenters. The van der Waals surface area contributed by atoms with E-state index >= 15 is 0 Å².